The van der Waals surface area contributed by atoms with Crippen molar-refractivity contribution in [3.05, 3.63) is 59.1 Å². The number of rotatable bonds is 5. The molecule has 1 aliphatic heterocycles. The van der Waals surface area contributed by atoms with Gasteiger partial charge in [-0.2, -0.15) is 0 Å². The first-order chi connectivity index (χ1) is 13.9. The number of nitrogens with zero attached hydrogens (tertiary/aromatic N) is 2. The number of methoxy groups -OCH3 is 1. The predicted molar refractivity (Wildman–Crippen MR) is 114 cm³/mol. The van der Waals surface area contributed by atoms with Crippen LogP contribution in [0.3, 0.4) is 0 Å². The van der Waals surface area contributed by atoms with Gasteiger partial charge in [-0.15, -0.1) is 0 Å². The Balaban J connectivity index is 1.63. The molecule has 7 nitrogen and oxygen atoms in total. The van der Waals surface area contributed by atoms with E-state index in [4.69, 9.17) is 11.6 Å². The summed E-state index contributed by atoms with van der Waals surface area (Å²) in [4.78, 5) is 42.2. The van der Waals surface area contributed by atoms with Crippen molar-refractivity contribution in [3.63, 3.8) is 0 Å². The zero-order valence-corrected chi connectivity index (χ0v) is 17.3. The zero-order valence-electron chi connectivity index (χ0n) is 15.7. The van der Waals surface area contributed by atoms with Crippen LogP contribution in [0, 0.1) is 0 Å². The SMILES string of the molecule is COC(=O)c1ccc(NC(=O)CC2SC(=Nc3cccc(Cl)c3)N(C)C2=O)cc1. The summed E-state index contributed by atoms with van der Waals surface area (Å²) >= 11 is 7.21. The molecule has 2 amide bonds. The van der Waals surface area contributed by atoms with Gasteiger partial charge in [0, 0.05) is 24.2 Å². The van der Waals surface area contributed by atoms with Gasteiger partial charge < -0.3 is 10.1 Å². The van der Waals surface area contributed by atoms with Crippen LogP contribution in [-0.4, -0.2) is 47.3 Å². The van der Waals surface area contributed by atoms with E-state index in [9.17, 15) is 14.4 Å². The lowest BCUT2D eigenvalue weighted by Gasteiger charge is -2.09. The molecule has 1 heterocycles. The molecule has 3 rings (SSSR count). The van der Waals surface area contributed by atoms with Crippen LogP contribution in [-0.2, 0) is 14.3 Å². The van der Waals surface area contributed by atoms with E-state index in [1.807, 2.05) is 0 Å². The number of amidine groups is 1. The molecule has 1 atom stereocenters. The number of hydrogen-bond donors (Lipinski definition) is 1. The number of anilines is 1. The quantitative estimate of drug-likeness (QED) is 0.729. The van der Waals surface area contributed by atoms with E-state index in [0.29, 0.717) is 27.1 Å². The summed E-state index contributed by atoms with van der Waals surface area (Å²) in [6.07, 6.45) is 0.00115. The zero-order chi connectivity index (χ0) is 21.0. The van der Waals surface area contributed by atoms with Crippen LogP contribution in [0.15, 0.2) is 53.5 Å². The van der Waals surface area contributed by atoms with E-state index >= 15 is 0 Å². The minimum atomic E-state index is -0.563. The van der Waals surface area contributed by atoms with Crippen molar-refractivity contribution < 1.29 is 19.1 Å². The van der Waals surface area contributed by atoms with Gasteiger partial charge in [0.05, 0.1) is 18.4 Å². The highest BCUT2D eigenvalue weighted by Crippen LogP contribution is 2.31. The standard InChI is InChI=1S/C20H18ClN3O4S/c1-24-18(26)16(29-20(24)23-15-5-3-4-13(21)10-15)11-17(25)22-14-8-6-12(7-9-14)19(27)28-2/h3-10,16H,11H2,1-2H3,(H,22,25). The fraction of sp³-hybridized carbons (Fsp3) is 0.200. The van der Waals surface area contributed by atoms with Crippen LogP contribution >= 0.6 is 23.4 Å². The summed E-state index contributed by atoms with van der Waals surface area (Å²) in [6, 6.07) is 13.3. The van der Waals surface area contributed by atoms with Crippen LogP contribution in [0.4, 0.5) is 11.4 Å². The summed E-state index contributed by atoms with van der Waals surface area (Å²) in [5, 5.41) is 3.23. The smallest absolute Gasteiger partial charge is 0.337 e. The average Bonchev–Trinajstić information content (AvgIpc) is 2.95. The lowest BCUT2D eigenvalue weighted by atomic mass is 10.2. The molecule has 29 heavy (non-hydrogen) atoms. The molecule has 1 aliphatic rings. The number of aliphatic imine (C=N–C) groups is 1. The maximum absolute atomic E-state index is 12.5. The second kappa shape index (κ2) is 9.11. The first-order valence-corrected chi connectivity index (χ1v) is 9.90. The van der Waals surface area contributed by atoms with Crippen LogP contribution in [0.5, 0.6) is 0 Å². The lowest BCUT2D eigenvalue weighted by Crippen LogP contribution is -2.30. The molecular formula is C20H18ClN3O4S. The first-order valence-electron chi connectivity index (χ1n) is 8.64. The van der Waals surface area contributed by atoms with Crippen molar-refractivity contribution in [2.75, 3.05) is 19.5 Å². The van der Waals surface area contributed by atoms with Gasteiger partial charge in [0.25, 0.3) is 0 Å². The predicted octanol–water partition coefficient (Wildman–Crippen LogP) is 3.72. The van der Waals surface area contributed by atoms with Crippen molar-refractivity contribution >= 4 is 57.7 Å². The van der Waals surface area contributed by atoms with Gasteiger partial charge in [-0.3, -0.25) is 14.5 Å². The largest absolute Gasteiger partial charge is 0.465 e. The second-order valence-corrected chi connectivity index (χ2v) is 7.81. The van der Waals surface area contributed by atoms with Crippen molar-refractivity contribution in [3.8, 4) is 0 Å². The van der Waals surface area contributed by atoms with E-state index in [2.05, 4.69) is 15.0 Å². The molecule has 0 radical (unpaired) electrons. The molecular weight excluding hydrogens is 414 g/mol. The summed E-state index contributed by atoms with van der Waals surface area (Å²) in [5.41, 5.74) is 1.55. The minimum Gasteiger partial charge on any atom is -0.465 e. The summed E-state index contributed by atoms with van der Waals surface area (Å²) in [6.45, 7) is 0. The van der Waals surface area contributed by atoms with Gasteiger partial charge in [0.15, 0.2) is 5.17 Å². The summed E-state index contributed by atoms with van der Waals surface area (Å²) in [7, 11) is 2.93. The van der Waals surface area contributed by atoms with Crippen LogP contribution < -0.4 is 5.32 Å². The highest BCUT2D eigenvalue weighted by molar-refractivity contribution is 8.15. The van der Waals surface area contributed by atoms with E-state index in [1.54, 1.807) is 55.6 Å². The number of carbonyl (C=O) groups excluding carboxylic acids is 3. The summed E-state index contributed by atoms with van der Waals surface area (Å²) < 4.78 is 4.64. The first kappa shape index (κ1) is 20.9. The van der Waals surface area contributed by atoms with E-state index < -0.39 is 11.2 Å². The summed E-state index contributed by atoms with van der Waals surface area (Å²) in [5.74, 6) is -0.948. The Morgan fingerprint density at radius 1 is 1.24 bits per heavy atom. The molecule has 1 fully saturated rings. The highest BCUT2D eigenvalue weighted by Gasteiger charge is 2.37. The normalized spacial score (nSPS) is 17.5. The number of amides is 2. The number of carbonyl (C=O) groups is 3. The third-order valence-corrected chi connectivity index (χ3v) is 5.60. The molecule has 0 spiro atoms. The van der Waals surface area contributed by atoms with Crippen molar-refractivity contribution in [1.82, 2.24) is 4.90 Å². The third kappa shape index (κ3) is 5.16. The van der Waals surface area contributed by atoms with E-state index in [1.165, 1.54) is 23.8 Å². The van der Waals surface area contributed by atoms with E-state index in [-0.39, 0.29) is 18.2 Å². The molecule has 0 saturated carbocycles. The number of halogens is 1. The van der Waals surface area contributed by atoms with Crippen molar-refractivity contribution in [1.29, 1.82) is 0 Å². The van der Waals surface area contributed by atoms with Gasteiger partial charge in [-0.05, 0) is 42.5 Å². The number of hydrogen-bond acceptors (Lipinski definition) is 6. The van der Waals surface area contributed by atoms with Crippen LogP contribution in [0.1, 0.15) is 16.8 Å². The maximum atomic E-state index is 12.5. The van der Waals surface area contributed by atoms with Crippen LogP contribution in [0.25, 0.3) is 0 Å². The second-order valence-electron chi connectivity index (χ2n) is 6.20. The molecule has 1 saturated heterocycles. The minimum absolute atomic E-state index is 0.00115. The van der Waals surface area contributed by atoms with Gasteiger partial charge >= 0.3 is 5.97 Å². The molecule has 2 aromatic carbocycles. The number of benzene rings is 2. The molecule has 0 bridgehead atoms. The topological polar surface area (TPSA) is 88.1 Å². The molecule has 1 N–H and O–H groups in total. The van der Waals surface area contributed by atoms with Crippen LogP contribution in [0.2, 0.25) is 5.02 Å². The Labute approximate surface area is 177 Å². The molecule has 1 unspecified atom stereocenters. The molecule has 9 heteroatoms. The third-order valence-electron chi connectivity index (χ3n) is 4.13. The average molecular weight is 432 g/mol. The Bertz CT molecular complexity index is 978. The molecule has 150 valence electrons. The highest BCUT2D eigenvalue weighted by atomic mass is 35.5. The Morgan fingerprint density at radius 2 is 1.97 bits per heavy atom. The Kier molecular flexibility index (Phi) is 6.56. The van der Waals surface area contributed by atoms with Crippen molar-refractivity contribution in [2.24, 2.45) is 4.99 Å². The Hall–Kier alpha value is -2.84. The fourth-order valence-electron chi connectivity index (χ4n) is 2.64. The van der Waals surface area contributed by atoms with E-state index in [0.717, 1.165) is 0 Å². The van der Waals surface area contributed by atoms with Gasteiger partial charge in [0.1, 0.15) is 5.25 Å². The number of nitrogens with one attached hydrogen (secondary N) is 1. The van der Waals surface area contributed by atoms with Gasteiger partial charge in [-0.1, -0.05) is 29.4 Å². The lowest BCUT2D eigenvalue weighted by molar-refractivity contribution is -0.127. The maximum Gasteiger partial charge on any atom is 0.337 e. The molecule has 0 aromatic heterocycles. The number of ether oxygens (including phenoxy) is 1. The Morgan fingerprint density at radius 3 is 2.62 bits per heavy atom. The van der Waals surface area contributed by atoms with Crippen molar-refractivity contribution in [2.45, 2.75) is 11.7 Å². The molecule has 2 aromatic rings. The number of thioether (sulfide) groups is 1. The van der Waals surface area contributed by atoms with Gasteiger partial charge in [-0.25, -0.2) is 9.79 Å². The fourth-order valence-corrected chi connectivity index (χ4v) is 3.98. The molecule has 0 aliphatic carbocycles. The number of esters is 1. The monoisotopic (exact) mass is 431 g/mol. The van der Waals surface area contributed by atoms with Gasteiger partial charge in [0.2, 0.25) is 11.8 Å².